The van der Waals surface area contributed by atoms with Gasteiger partial charge >= 0.3 is 0 Å². The van der Waals surface area contributed by atoms with Crippen molar-refractivity contribution in [1.29, 1.82) is 0 Å². The first-order valence-corrected chi connectivity index (χ1v) is 5.57. The topological polar surface area (TPSA) is 29.1 Å². The van der Waals surface area contributed by atoms with Crippen molar-refractivity contribution in [1.82, 2.24) is 0 Å². The van der Waals surface area contributed by atoms with Gasteiger partial charge in [-0.1, -0.05) is 12.2 Å². The van der Waals surface area contributed by atoms with Crippen molar-refractivity contribution in [2.75, 3.05) is 5.32 Å². The number of carbonyl (C=O) groups excluding carboxylic acids is 1. The molecule has 1 aromatic rings. The first-order chi connectivity index (χ1) is 8.15. The zero-order valence-electron chi connectivity index (χ0n) is 9.25. The van der Waals surface area contributed by atoms with Crippen LogP contribution < -0.4 is 5.32 Å². The fourth-order valence-corrected chi connectivity index (χ4v) is 1.90. The van der Waals surface area contributed by atoms with Crippen molar-refractivity contribution in [3.05, 3.63) is 42.0 Å². The monoisotopic (exact) mass is 237 g/mol. The molecule has 1 aromatic carbocycles. The van der Waals surface area contributed by atoms with Crippen LogP contribution in [0.1, 0.15) is 19.3 Å². The second kappa shape index (κ2) is 5.08. The van der Waals surface area contributed by atoms with Crippen molar-refractivity contribution < 1.29 is 13.6 Å². The largest absolute Gasteiger partial charge is 0.323 e. The van der Waals surface area contributed by atoms with Crippen LogP contribution in [-0.4, -0.2) is 5.91 Å². The lowest BCUT2D eigenvalue weighted by Gasteiger charge is -2.09. The molecule has 0 saturated carbocycles. The van der Waals surface area contributed by atoms with E-state index >= 15 is 0 Å². The number of allylic oxidation sites excluding steroid dienone is 2. The summed E-state index contributed by atoms with van der Waals surface area (Å²) >= 11 is 0. The van der Waals surface area contributed by atoms with Gasteiger partial charge in [-0.2, -0.15) is 0 Å². The van der Waals surface area contributed by atoms with Gasteiger partial charge in [0.25, 0.3) is 0 Å². The Morgan fingerprint density at radius 2 is 2.24 bits per heavy atom. The second-order valence-corrected chi connectivity index (χ2v) is 4.14. The Morgan fingerprint density at radius 1 is 1.41 bits per heavy atom. The molecule has 0 aliphatic heterocycles. The summed E-state index contributed by atoms with van der Waals surface area (Å²) in [4.78, 5) is 11.6. The van der Waals surface area contributed by atoms with Gasteiger partial charge in [0.1, 0.15) is 11.6 Å². The predicted molar refractivity (Wildman–Crippen MR) is 61.5 cm³/mol. The smallest absolute Gasteiger partial charge is 0.225 e. The summed E-state index contributed by atoms with van der Waals surface area (Å²) in [6.07, 6.45) is 6.25. The lowest BCUT2D eigenvalue weighted by molar-refractivity contribution is -0.116. The van der Waals surface area contributed by atoms with E-state index in [4.69, 9.17) is 0 Å². The molecule has 0 spiro atoms. The lowest BCUT2D eigenvalue weighted by Crippen LogP contribution is -2.15. The summed E-state index contributed by atoms with van der Waals surface area (Å²) in [7, 11) is 0. The molecule has 4 heteroatoms. The third-order valence-corrected chi connectivity index (χ3v) is 2.76. The number of nitrogens with one attached hydrogen (secondary N) is 1. The molecule has 0 heterocycles. The summed E-state index contributed by atoms with van der Waals surface area (Å²) in [6, 6.07) is 3.00. The fourth-order valence-electron chi connectivity index (χ4n) is 1.90. The molecule has 17 heavy (non-hydrogen) atoms. The maximum absolute atomic E-state index is 13.2. The third-order valence-electron chi connectivity index (χ3n) is 2.76. The van der Waals surface area contributed by atoms with Gasteiger partial charge in [-0.15, -0.1) is 0 Å². The zero-order chi connectivity index (χ0) is 12.3. The molecule has 1 aliphatic carbocycles. The highest BCUT2D eigenvalue weighted by molar-refractivity contribution is 5.91. The van der Waals surface area contributed by atoms with Crippen molar-refractivity contribution in [3.8, 4) is 0 Å². The lowest BCUT2D eigenvalue weighted by atomic mass is 10.1. The van der Waals surface area contributed by atoms with Crippen LogP contribution in [0.15, 0.2) is 30.4 Å². The molecular formula is C13H13F2NO. The molecule has 1 unspecified atom stereocenters. The number of hydrogen-bond donors (Lipinski definition) is 1. The molecule has 90 valence electrons. The molecule has 0 saturated heterocycles. The highest BCUT2D eigenvalue weighted by Crippen LogP contribution is 2.22. The van der Waals surface area contributed by atoms with Crippen LogP contribution in [0.2, 0.25) is 0 Å². The first kappa shape index (κ1) is 11.8. The third kappa shape index (κ3) is 3.12. The Morgan fingerprint density at radius 3 is 2.94 bits per heavy atom. The van der Waals surface area contributed by atoms with E-state index in [-0.39, 0.29) is 17.5 Å². The van der Waals surface area contributed by atoms with Gasteiger partial charge in [-0.25, -0.2) is 8.78 Å². The number of rotatable bonds is 3. The summed E-state index contributed by atoms with van der Waals surface area (Å²) in [5.41, 5.74) is -0.100. The van der Waals surface area contributed by atoms with Crippen LogP contribution in [0, 0.1) is 17.6 Å². The summed E-state index contributed by atoms with van der Waals surface area (Å²) in [5, 5.41) is 2.39. The van der Waals surface area contributed by atoms with Gasteiger partial charge in [-0.3, -0.25) is 4.79 Å². The van der Waals surface area contributed by atoms with E-state index in [2.05, 4.69) is 5.32 Å². The van der Waals surface area contributed by atoms with E-state index in [1.807, 2.05) is 12.2 Å². The van der Waals surface area contributed by atoms with Crippen LogP contribution in [0.5, 0.6) is 0 Å². The Kier molecular flexibility index (Phi) is 3.52. The standard InChI is InChI=1S/C13H13F2NO/c14-10-5-6-11(15)12(8-10)16-13(17)7-9-3-1-2-4-9/h1,3,5-6,8-9H,2,4,7H2,(H,16,17). The van der Waals surface area contributed by atoms with Crippen LogP contribution in [0.25, 0.3) is 0 Å². The van der Waals surface area contributed by atoms with E-state index in [0.717, 1.165) is 31.0 Å². The van der Waals surface area contributed by atoms with Crippen molar-refractivity contribution in [2.45, 2.75) is 19.3 Å². The Hall–Kier alpha value is -1.71. The molecular weight excluding hydrogens is 224 g/mol. The Balaban J connectivity index is 1.97. The first-order valence-electron chi connectivity index (χ1n) is 5.57. The van der Waals surface area contributed by atoms with E-state index in [1.54, 1.807) is 0 Å². The quantitative estimate of drug-likeness (QED) is 0.803. The molecule has 2 rings (SSSR count). The molecule has 0 fully saturated rings. The zero-order valence-corrected chi connectivity index (χ0v) is 9.25. The van der Waals surface area contributed by atoms with Gasteiger partial charge in [0.2, 0.25) is 5.91 Å². The summed E-state index contributed by atoms with van der Waals surface area (Å²) in [5.74, 6) is -1.26. The number of hydrogen-bond acceptors (Lipinski definition) is 1. The molecule has 0 bridgehead atoms. The van der Waals surface area contributed by atoms with Gasteiger partial charge < -0.3 is 5.32 Å². The van der Waals surface area contributed by atoms with Gasteiger partial charge in [0.05, 0.1) is 5.69 Å². The Bertz CT molecular complexity index is 457. The van der Waals surface area contributed by atoms with Gasteiger partial charge in [0.15, 0.2) is 0 Å². The minimum absolute atomic E-state index is 0.100. The van der Waals surface area contributed by atoms with E-state index < -0.39 is 11.6 Å². The highest BCUT2D eigenvalue weighted by atomic mass is 19.1. The van der Waals surface area contributed by atoms with E-state index in [1.165, 1.54) is 0 Å². The average Bonchev–Trinajstić information content (AvgIpc) is 2.76. The molecule has 2 nitrogen and oxygen atoms in total. The predicted octanol–water partition coefficient (Wildman–Crippen LogP) is 3.26. The molecule has 1 N–H and O–H groups in total. The number of carbonyl (C=O) groups is 1. The SMILES string of the molecule is O=C(CC1C=CCC1)Nc1cc(F)ccc1F. The highest BCUT2D eigenvalue weighted by Gasteiger charge is 2.15. The van der Waals surface area contributed by atoms with Crippen LogP contribution in [-0.2, 0) is 4.79 Å². The minimum atomic E-state index is -0.623. The molecule has 1 aliphatic rings. The van der Waals surface area contributed by atoms with Crippen LogP contribution >= 0.6 is 0 Å². The van der Waals surface area contributed by atoms with Crippen molar-refractivity contribution >= 4 is 11.6 Å². The molecule has 0 radical (unpaired) electrons. The normalized spacial score (nSPS) is 18.4. The molecule has 0 aromatic heterocycles. The molecule has 1 atom stereocenters. The van der Waals surface area contributed by atoms with Crippen molar-refractivity contribution in [2.24, 2.45) is 5.92 Å². The maximum Gasteiger partial charge on any atom is 0.225 e. The second-order valence-electron chi connectivity index (χ2n) is 4.14. The van der Waals surface area contributed by atoms with Crippen LogP contribution in [0.3, 0.4) is 0 Å². The Labute approximate surface area is 98.3 Å². The summed E-state index contributed by atoms with van der Waals surface area (Å²) < 4.78 is 26.1. The number of benzene rings is 1. The number of anilines is 1. The summed E-state index contributed by atoms with van der Waals surface area (Å²) in [6.45, 7) is 0. The number of halogens is 2. The van der Waals surface area contributed by atoms with Crippen molar-refractivity contribution in [3.63, 3.8) is 0 Å². The molecule has 1 amide bonds. The average molecular weight is 237 g/mol. The minimum Gasteiger partial charge on any atom is -0.323 e. The van der Waals surface area contributed by atoms with E-state index in [0.29, 0.717) is 6.42 Å². The van der Waals surface area contributed by atoms with Crippen LogP contribution in [0.4, 0.5) is 14.5 Å². The van der Waals surface area contributed by atoms with Gasteiger partial charge in [0, 0.05) is 12.5 Å². The maximum atomic E-state index is 13.2. The fraction of sp³-hybridized carbons (Fsp3) is 0.308. The number of amides is 1. The van der Waals surface area contributed by atoms with E-state index in [9.17, 15) is 13.6 Å². The van der Waals surface area contributed by atoms with Gasteiger partial charge in [-0.05, 0) is 30.9 Å².